The van der Waals surface area contributed by atoms with Crippen molar-refractivity contribution in [2.24, 2.45) is 23.7 Å². The fraction of sp³-hybridized carbons (Fsp3) is 0.914. The molecule has 0 aliphatic heterocycles. The fourth-order valence-electron chi connectivity index (χ4n) is 3.78. The molecule has 0 spiro atoms. The van der Waals surface area contributed by atoms with Gasteiger partial charge in [-0.2, -0.15) is 0 Å². The Morgan fingerprint density at radius 3 is 0.373 bits per heavy atom. The Hall–Kier alpha value is -0.748. The summed E-state index contributed by atoms with van der Waals surface area (Å²) >= 11 is 0. The molecule has 0 aromatic heterocycles. The smallest absolute Gasteiger partial charge is 0.413 e. The second-order valence-electron chi connectivity index (χ2n) is 17.9. The molecule has 17 heteroatoms. The quantitative estimate of drug-likeness (QED) is 0.0416. The van der Waals surface area contributed by atoms with Gasteiger partial charge in [0.25, 0.3) is 0 Å². The second kappa shape index (κ2) is 332. The van der Waals surface area contributed by atoms with Gasteiger partial charge in [-0.15, -0.1) is 0 Å². The van der Waals surface area contributed by atoms with Crippen molar-refractivity contribution in [1.29, 1.82) is 0 Å². The SMILES string of the molecule is C.C.C.C.C.C.C.C.C.C.C.C.C.C.C.C.C.C.C.C.C.C.C.C.C.C.C.C.C.C.C.C.C.C.C.C.C.C=O.C=O.C=O.C=O.CC(C)COC[CH-]COCC(C)C.CC(C)COC[CH-]COCC(C)C.CC(C)OCCOC[CH-]COCCOC(C)C.CC(C)OCCOC[CH-]COCCOC(C)C.CCCC.[U+4]. The molecule has 0 amide bonds. The van der Waals surface area contributed by atoms with Crippen LogP contribution in [-0.4, -0.2) is 184 Å². The summed E-state index contributed by atoms with van der Waals surface area (Å²) in [5, 5.41) is 0. The summed E-state index contributed by atoms with van der Waals surface area (Å²) in [6.45, 7) is 59.3. The Kier molecular flexibility index (Phi) is 997. The number of carbonyl (C=O) groups is 4. The summed E-state index contributed by atoms with van der Waals surface area (Å²) in [6.07, 6.45) is 11.7. The molecular weight excluding hydrogens is 1610 g/mol. The zero-order valence-corrected chi connectivity index (χ0v) is 54.5. The Bertz CT molecular complexity index is 730. The molecule has 0 rings (SSSR count). The molecule has 0 saturated carbocycles. The Morgan fingerprint density at radius 1 is 0.191 bits per heavy atom. The number of hydrogen-bond acceptors (Lipinski definition) is 16. The Labute approximate surface area is 747 Å². The number of ether oxygens (including phenoxy) is 12. The maximum Gasteiger partial charge on any atom is 4.00 e. The standard InChI is InChI=1S/2C13H27O4.2C11H23O2.C4H10.4CH2O.37CH4.U/c2*1-12(2)16-10-8-14-6-5-7-15-9-11-17-13(3)4;2*1-10(2)8-12-6-5-7-13-9-11(3)4;1-3-4-2;4*1-2;;;;;;;;;;;;;;;;;;;;;;;;;;;;;;;;;;;;;;/h2*5,12-13H,6-11H2,1-4H3;2*5,10-11H,6-9H2,1-4H3;3-4H2,1-2H3;4*1H2;37*1H4;/q4*-1;;;;;;;;;;;;;;;;;;;;;;;;;;;;;;;;;;;;;;;;;;;+4. The zero-order chi connectivity index (χ0) is 57.5. The monoisotopic (exact) mass is 1880 g/mol. The van der Waals surface area contributed by atoms with Crippen LogP contribution in [0.5, 0.6) is 0 Å². The number of carbonyl (C=O) groups excluding carboxylic acids is 4. The molecule has 0 aliphatic rings. The van der Waals surface area contributed by atoms with E-state index in [9.17, 15) is 0 Å². The second-order valence-corrected chi connectivity index (χ2v) is 17.9. The van der Waals surface area contributed by atoms with Gasteiger partial charge in [0.1, 0.15) is 27.2 Å². The van der Waals surface area contributed by atoms with Crippen LogP contribution >= 0.6 is 0 Å². The Balaban J connectivity index is -0.00000000920. The summed E-state index contributed by atoms with van der Waals surface area (Å²) in [6, 6.07) is 0. The molecule has 0 N–H and O–H groups in total. The first-order valence-corrected chi connectivity index (χ1v) is 25.9. The minimum absolute atomic E-state index is 0. The van der Waals surface area contributed by atoms with Crippen LogP contribution in [0.15, 0.2) is 0 Å². The average Bonchev–Trinajstić information content (AvgIpc) is 3.34. The van der Waals surface area contributed by atoms with Gasteiger partial charge < -0.3 is 76.0 Å². The minimum Gasteiger partial charge on any atom is -0.413 e. The largest absolute Gasteiger partial charge is 4.00 e. The van der Waals surface area contributed by atoms with Crippen molar-refractivity contribution in [3.05, 3.63) is 25.7 Å². The van der Waals surface area contributed by atoms with Crippen LogP contribution in [0, 0.1) is 80.5 Å². The Morgan fingerprint density at radius 2 is 0.291 bits per heavy atom. The first kappa shape index (κ1) is 330. The number of hydrogen-bond donors (Lipinski definition) is 0. The summed E-state index contributed by atoms with van der Waals surface area (Å²) in [4.78, 5) is 32.0. The molecule has 0 unspecified atom stereocenters. The van der Waals surface area contributed by atoms with Gasteiger partial charge in [0.2, 0.25) is 0 Å². The van der Waals surface area contributed by atoms with Crippen molar-refractivity contribution in [2.75, 3.05) is 132 Å². The first-order chi connectivity index (χ1) is 34.4. The van der Waals surface area contributed by atoms with Crippen LogP contribution in [0.1, 0.15) is 412 Å². The molecule has 0 atom stereocenters. The van der Waals surface area contributed by atoms with Gasteiger partial charge >= 0.3 is 31.1 Å². The van der Waals surface area contributed by atoms with Crippen molar-refractivity contribution in [3.8, 4) is 0 Å². The molecule has 16 nitrogen and oxygen atoms in total. The zero-order valence-electron chi connectivity index (χ0n) is 50.3. The summed E-state index contributed by atoms with van der Waals surface area (Å²) in [5.74, 6) is 2.46. The van der Waals surface area contributed by atoms with E-state index < -0.39 is 0 Å². The van der Waals surface area contributed by atoms with E-state index in [2.05, 4.69) is 69.2 Å². The van der Waals surface area contributed by atoms with Crippen LogP contribution in [0.25, 0.3) is 0 Å². The molecule has 0 saturated heterocycles. The van der Waals surface area contributed by atoms with Gasteiger partial charge in [0.15, 0.2) is 0 Å². The molecule has 0 radical (unpaired) electrons. The van der Waals surface area contributed by atoms with E-state index in [1.807, 2.05) is 108 Å². The van der Waals surface area contributed by atoms with Gasteiger partial charge in [-0.25, -0.2) is 0 Å². The van der Waals surface area contributed by atoms with E-state index in [1.165, 1.54) is 12.8 Å². The van der Waals surface area contributed by atoms with Crippen LogP contribution in [-0.2, 0) is 76.0 Å². The molecule has 110 heavy (non-hydrogen) atoms. The van der Waals surface area contributed by atoms with Gasteiger partial charge in [-0.1, -0.05) is 410 Å². The van der Waals surface area contributed by atoms with Crippen LogP contribution < -0.4 is 0 Å². The predicted octanol–water partition coefficient (Wildman–Crippen LogP) is 33.8. The van der Waals surface area contributed by atoms with E-state index in [-0.39, 0.29) is 330 Å². The maximum atomic E-state index is 8.00. The molecule has 0 aliphatic carbocycles. The van der Waals surface area contributed by atoms with Crippen molar-refractivity contribution in [3.63, 3.8) is 0 Å². The molecule has 0 bridgehead atoms. The molecule has 0 aromatic carbocycles. The third-order valence-corrected chi connectivity index (χ3v) is 6.91. The summed E-state index contributed by atoms with van der Waals surface area (Å²) in [5.41, 5.74) is 0. The van der Waals surface area contributed by atoms with Gasteiger partial charge in [-0.05, 0) is 79.1 Å². The topological polar surface area (TPSA) is 179 Å². The van der Waals surface area contributed by atoms with E-state index in [1.54, 1.807) is 0 Å². The third-order valence-electron chi connectivity index (χ3n) is 6.91. The molecular formula is C93H266O16U. The van der Waals surface area contributed by atoms with E-state index >= 15 is 0 Å². The fourth-order valence-corrected chi connectivity index (χ4v) is 3.78. The van der Waals surface area contributed by atoms with Crippen LogP contribution in [0.2, 0.25) is 0 Å². The van der Waals surface area contributed by atoms with E-state index in [0.29, 0.717) is 129 Å². The van der Waals surface area contributed by atoms with Crippen molar-refractivity contribution < 1.29 is 107 Å². The minimum atomic E-state index is 0. The maximum absolute atomic E-state index is 8.00. The normalized spacial score (nSPS) is 6.75. The summed E-state index contributed by atoms with van der Waals surface area (Å²) in [7, 11) is 0. The molecule has 738 valence electrons. The van der Waals surface area contributed by atoms with Gasteiger partial charge in [0, 0.05) is 26.4 Å². The summed E-state index contributed by atoms with van der Waals surface area (Å²) < 4.78 is 64.2. The molecule has 0 heterocycles. The number of unbranched alkanes of at least 4 members (excludes halogenated alkanes) is 1. The van der Waals surface area contributed by atoms with Gasteiger partial charge in [0.05, 0.1) is 77.3 Å². The van der Waals surface area contributed by atoms with E-state index in [0.717, 1.165) is 26.4 Å². The van der Waals surface area contributed by atoms with Crippen LogP contribution in [0.4, 0.5) is 0 Å². The number of rotatable bonds is 41. The van der Waals surface area contributed by atoms with Crippen molar-refractivity contribution >= 4 is 27.2 Å². The third kappa shape index (κ3) is 520. The molecule has 0 fully saturated rings. The first-order valence-electron chi connectivity index (χ1n) is 25.9. The molecule has 0 aromatic rings. The van der Waals surface area contributed by atoms with Gasteiger partial charge in [-0.3, -0.25) is 25.7 Å². The van der Waals surface area contributed by atoms with Crippen molar-refractivity contribution in [1.82, 2.24) is 0 Å². The van der Waals surface area contributed by atoms with E-state index in [4.69, 9.17) is 76.0 Å². The van der Waals surface area contributed by atoms with Crippen molar-refractivity contribution in [2.45, 2.75) is 437 Å². The average molecular weight is 1880 g/mol. The predicted molar refractivity (Wildman–Crippen MR) is 546 cm³/mol. The van der Waals surface area contributed by atoms with Crippen LogP contribution in [0.3, 0.4) is 0 Å².